The van der Waals surface area contributed by atoms with Crippen molar-refractivity contribution in [3.8, 4) is 11.1 Å². The Bertz CT molecular complexity index is 891. The molecule has 4 rings (SSSR count). The highest BCUT2D eigenvalue weighted by Gasteiger charge is 2.38. The molecule has 0 unspecified atom stereocenters. The molecule has 150 valence electrons. The molecule has 2 aliphatic rings. The Morgan fingerprint density at radius 3 is 1.55 bits per heavy atom. The Morgan fingerprint density at radius 1 is 0.621 bits per heavy atom. The Morgan fingerprint density at radius 2 is 1.07 bits per heavy atom. The van der Waals surface area contributed by atoms with Crippen molar-refractivity contribution in [1.29, 1.82) is 0 Å². The molecule has 0 radical (unpaired) electrons. The molecule has 1 aliphatic carbocycles. The van der Waals surface area contributed by atoms with E-state index in [0.29, 0.717) is 11.8 Å². The van der Waals surface area contributed by atoms with Crippen LogP contribution in [0.2, 0.25) is 0 Å². The van der Waals surface area contributed by atoms with Crippen molar-refractivity contribution in [3.63, 3.8) is 0 Å². The van der Waals surface area contributed by atoms with E-state index in [-0.39, 0.29) is 11.1 Å². The summed E-state index contributed by atoms with van der Waals surface area (Å²) in [4.78, 5) is 0. The largest absolute Gasteiger partial charge is 0.307 e. The zero-order valence-corrected chi connectivity index (χ0v) is 18.2. The Kier molecular flexibility index (Phi) is 5.36. The molecule has 1 heteroatoms. The molecule has 1 N–H and O–H groups in total. The van der Waals surface area contributed by atoms with Crippen LogP contribution in [0, 0.1) is 0 Å². The summed E-state index contributed by atoms with van der Waals surface area (Å²) in [7, 11) is 0. The van der Waals surface area contributed by atoms with Crippen molar-refractivity contribution >= 4 is 0 Å². The first kappa shape index (κ1) is 19.9. The van der Waals surface area contributed by atoms with Gasteiger partial charge in [0.25, 0.3) is 0 Å². The van der Waals surface area contributed by atoms with Gasteiger partial charge < -0.3 is 5.32 Å². The van der Waals surface area contributed by atoms with E-state index in [1.807, 2.05) is 0 Å². The molecule has 0 atom stereocenters. The van der Waals surface area contributed by atoms with Crippen molar-refractivity contribution < 1.29 is 0 Å². The van der Waals surface area contributed by atoms with Crippen LogP contribution in [-0.2, 0) is 0 Å². The molecule has 0 saturated carbocycles. The first-order chi connectivity index (χ1) is 13.8. The van der Waals surface area contributed by atoms with E-state index in [1.54, 1.807) is 0 Å². The lowest BCUT2D eigenvalue weighted by molar-refractivity contribution is 0.162. The first-order valence-corrected chi connectivity index (χ1v) is 10.8. The van der Waals surface area contributed by atoms with E-state index < -0.39 is 0 Å². The summed E-state index contributed by atoms with van der Waals surface area (Å²) in [5, 5.41) is 3.79. The average Bonchev–Trinajstić information content (AvgIpc) is 2.95. The average molecular weight is 384 g/mol. The number of piperidine rings is 1. The summed E-state index contributed by atoms with van der Waals surface area (Å²) in [6.07, 6.45) is 15.3. The molecule has 0 spiro atoms. The molecule has 1 nitrogen and oxygen atoms in total. The van der Waals surface area contributed by atoms with Crippen LogP contribution in [0.25, 0.3) is 11.1 Å². The van der Waals surface area contributed by atoms with Gasteiger partial charge in [0.05, 0.1) is 0 Å². The van der Waals surface area contributed by atoms with Gasteiger partial charge in [0, 0.05) is 17.0 Å². The van der Waals surface area contributed by atoms with Crippen LogP contribution in [0.1, 0.15) is 63.5 Å². The Labute approximate surface area is 176 Å². The maximum absolute atomic E-state index is 3.79. The third kappa shape index (κ3) is 4.79. The van der Waals surface area contributed by atoms with Gasteiger partial charge in [0.1, 0.15) is 0 Å². The highest BCUT2D eigenvalue weighted by molar-refractivity contribution is 5.64. The summed E-state index contributed by atoms with van der Waals surface area (Å²) < 4.78 is 0. The Balaban J connectivity index is 1.51. The SMILES string of the molecule is CC1(C)CC(c2ccc(-c3ccc(C4C=CC=CC=C4)cc3)cc2)CC(C)(C)N1. The monoisotopic (exact) mass is 383 g/mol. The number of benzene rings is 2. The van der Waals surface area contributed by atoms with E-state index >= 15 is 0 Å². The van der Waals surface area contributed by atoms with E-state index in [0.717, 1.165) is 0 Å². The highest BCUT2D eigenvalue weighted by Crippen LogP contribution is 2.39. The third-order valence-electron chi connectivity index (χ3n) is 6.17. The standard InChI is InChI=1S/C28H33N/c1-27(2)19-26(20-28(3,4)29-27)25-17-15-24(16-18-25)23-13-11-22(12-14-23)21-9-7-5-6-8-10-21/h5-18,21,26,29H,19-20H2,1-4H3. The molecule has 1 fully saturated rings. The van der Waals surface area contributed by atoms with E-state index in [2.05, 4.69) is 118 Å². The molecule has 1 heterocycles. The lowest BCUT2D eigenvalue weighted by Gasteiger charge is -2.46. The molecular formula is C28H33N. The molecule has 29 heavy (non-hydrogen) atoms. The molecule has 0 bridgehead atoms. The molecule has 0 aromatic heterocycles. The normalized spacial score (nSPS) is 21.2. The number of rotatable bonds is 3. The fourth-order valence-corrected chi connectivity index (χ4v) is 5.19. The topological polar surface area (TPSA) is 12.0 Å². The summed E-state index contributed by atoms with van der Waals surface area (Å²) >= 11 is 0. The molecule has 0 amide bonds. The summed E-state index contributed by atoms with van der Waals surface area (Å²) in [5.74, 6) is 0.966. The molecule has 1 saturated heterocycles. The quantitative estimate of drug-likeness (QED) is 0.594. The minimum atomic E-state index is 0.178. The van der Waals surface area contributed by atoms with Crippen LogP contribution < -0.4 is 5.32 Å². The van der Waals surface area contributed by atoms with Gasteiger partial charge in [-0.1, -0.05) is 85.0 Å². The van der Waals surface area contributed by atoms with Gasteiger partial charge >= 0.3 is 0 Å². The van der Waals surface area contributed by atoms with Crippen molar-refractivity contribution in [2.45, 2.75) is 63.5 Å². The van der Waals surface area contributed by atoms with Crippen LogP contribution in [0.3, 0.4) is 0 Å². The maximum atomic E-state index is 3.79. The van der Waals surface area contributed by atoms with Crippen molar-refractivity contribution in [1.82, 2.24) is 5.32 Å². The van der Waals surface area contributed by atoms with Gasteiger partial charge in [-0.05, 0) is 68.7 Å². The van der Waals surface area contributed by atoms with Gasteiger partial charge in [-0.2, -0.15) is 0 Å². The molecule has 1 aliphatic heterocycles. The van der Waals surface area contributed by atoms with Gasteiger partial charge in [0.15, 0.2) is 0 Å². The van der Waals surface area contributed by atoms with Crippen LogP contribution >= 0.6 is 0 Å². The minimum Gasteiger partial charge on any atom is -0.307 e. The second-order valence-corrected chi connectivity index (χ2v) is 9.92. The van der Waals surface area contributed by atoms with E-state index in [9.17, 15) is 0 Å². The fourth-order valence-electron chi connectivity index (χ4n) is 5.19. The molecule has 2 aromatic rings. The summed E-state index contributed by atoms with van der Waals surface area (Å²) in [6.45, 7) is 9.30. The lowest BCUT2D eigenvalue weighted by atomic mass is 9.73. The highest BCUT2D eigenvalue weighted by atomic mass is 15.0. The second-order valence-electron chi connectivity index (χ2n) is 9.92. The second kappa shape index (κ2) is 7.80. The van der Waals surface area contributed by atoms with Crippen molar-refractivity contribution in [2.24, 2.45) is 0 Å². The number of hydrogen-bond donors (Lipinski definition) is 1. The van der Waals surface area contributed by atoms with Gasteiger partial charge in [-0.3, -0.25) is 0 Å². The van der Waals surface area contributed by atoms with Gasteiger partial charge in [-0.25, -0.2) is 0 Å². The van der Waals surface area contributed by atoms with Crippen LogP contribution in [0.15, 0.2) is 85.0 Å². The fraction of sp³-hybridized carbons (Fsp3) is 0.357. The third-order valence-corrected chi connectivity index (χ3v) is 6.17. The Hall–Kier alpha value is -2.38. The lowest BCUT2D eigenvalue weighted by Crippen LogP contribution is -2.57. The van der Waals surface area contributed by atoms with Gasteiger partial charge in [-0.15, -0.1) is 0 Å². The van der Waals surface area contributed by atoms with Crippen LogP contribution in [0.5, 0.6) is 0 Å². The van der Waals surface area contributed by atoms with Crippen LogP contribution in [0.4, 0.5) is 0 Å². The smallest absolute Gasteiger partial charge is 0.0204 e. The number of hydrogen-bond acceptors (Lipinski definition) is 1. The maximum Gasteiger partial charge on any atom is 0.0204 e. The minimum absolute atomic E-state index is 0.178. The summed E-state index contributed by atoms with van der Waals surface area (Å²) in [5.41, 5.74) is 5.73. The summed E-state index contributed by atoms with van der Waals surface area (Å²) in [6, 6.07) is 18.3. The predicted molar refractivity (Wildman–Crippen MR) is 125 cm³/mol. The first-order valence-electron chi connectivity index (χ1n) is 10.8. The van der Waals surface area contributed by atoms with Crippen molar-refractivity contribution in [2.75, 3.05) is 0 Å². The van der Waals surface area contributed by atoms with E-state index in [4.69, 9.17) is 0 Å². The molecule has 2 aromatic carbocycles. The van der Waals surface area contributed by atoms with Crippen molar-refractivity contribution in [3.05, 3.63) is 96.1 Å². The molecular weight excluding hydrogens is 350 g/mol. The van der Waals surface area contributed by atoms with Gasteiger partial charge in [0.2, 0.25) is 0 Å². The number of allylic oxidation sites excluding steroid dienone is 6. The van der Waals surface area contributed by atoms with E-state index in [1.165, 1.54) is 35.1 Å². The zero-order chi connectivity index (χ0) is 20.5. The van der Waals surface area contributed by atoms with Crippen LogP contribution in [-0.4, -0.2) is 11.1 Å². The zero-order valence-electron chi connectivity index (χ0n) is 18.2. The predicted octanol–water partition coefficient (Wildman–Crippen LogP) is 7.14. The number of nitrogens with one attached hydrogen (secondary N) is 1.